The van der Waals surface area contributed by atoms with Crippen molar-refractivity contribution in [3.8, 4) is 0 Å². The lowest BCUT2D eigenvalue weighted by molar-refractivity contribution is -0.116. The Bertz CT molecular complexity index is 513. The Morgan fingerprint density at radius 3 is 3.18 bits per heavy atom. The van der Waals surface area contributed by atoms with Crippen molar-refractivity contribution in [1.29, 1.82) is 0 Å². The van der Waals surface area contributed by atoms with Gasteiger partial charge in [-0.15, -0.1) is 10.2 Å². The molecule has 2 rings (SSSR count). The third-order valence-electron chi connectivity index (χ3n) is 2.07. The summed E-state index contributed by atoms with van der Waals surface area (Å²) in [5.74, 6) is 0.211. The van der Waals surface area contributed by atoms with Crippen molar-refractivity contribution in [2.75, 3.05) is 0 Å². The molecule has 8 heteroatoms. The van der Waals surface area contributed by atoms with E-state index in [9.17, 15) is 4.79 Å². The minimum atomic E-state index is -0.226. The topological polar surface area (TPSA) is 101 Å². The van der Waals surface area contributed by atoms with Gasteiger partial charge in [-0.2, -0.15) is 10.3 Å². The van der Waals surface area contributed by atoms with Crippen LogP contribution in [0, 0.1) is 0 Å². The average Bonchev–Trinajstić information content (AvgIpc) is 2.95. The molecule has 8 nitrogen and oxygen atoms in total. The van der Waals surface area contributed by atoms with Crippen molar-refractivity contribution < 1.29 is 4.79 Å². The average molecular weight is 233 g/mol. The van der Waals surface area contributed by atoms with Crippen LogP contribution in [0.4, 0.5) is 0 Å². The van der Waals surface area contributed by atoms with E-state index in [4.69, 9.17) is 0 Å². The molecule has 88 valence electrons. The van der Waals surface area contributed by atoms with Crippen LogP contribution in [0.5, 0.6) is 0 Å². The number of aromatic amines is 1. The maximum atomic E-state index is 11.4. The van der Waals surface area contributed by atoms with Crippen LogP contribution in [0.1, 0.15) is 11.5 Å². The molecule has 2 aromatic heterocycles. The zero-order valence-electron chi connectivity index (χ0n) is 9.16. The van der Waals surface area contributed by atoms with Crippen LogP contribution in [0.25, 0.3) is 6.08 Å². The van der Waals surface area contributed by atoms with Crippen LogP contribution < -0.4 is 5.32 Å². The SMILES string of the molecule is Cn1nccc1C=CC(=O)NCc1nn[nH]n1. The highest BCUT2D eigenvalue weighted by molar-refractivity contribution is 5.91. The van der Waals surface area contributed by atoms with Gasteiger partial charge in [-0.1, -0.05) is 5.21 Å². The van der Waals surface area contributed by atoms with Gasteiger partial charge in [0.25, 0.3) is 0 Å². The number of aryl methyl sites for hydroxylation is 1. The van der Waals surface area contributed by atoms with Crippen molar-refractivity contribution in [2.24, 2.45) is 7.05 Å². The van der Waals surface area contributed by atoms with E-state index in [1.54, 1.807) is 24.0 Å². The number of carbonyl (C=O) groups is 1. The second-order valence-electron chi connectivity index (χ2n) is 3.26. The van der Waals surface area contributed by atoms with Gasteiger partial charge in [0.2, 0.25) is 5.91 Å². The standard InChI is InChI=1S/C9H11N7O/c1-16-7(4-5-11-16)2-3-9(17)10-6-8-12-14-15-13-8/h2-5H,6H2,1H3,(H,10,17)(H,12,13,14,15). The Balaban J connectivity index is 1.85. The third kappa shape index (κ3) is 2.97. The molecule has 2 heterocycles. The molecule has 17 heavy (non-hydrogen) atoms. The van der Waals surface area contributed by atoms with E-state index < -0.39 is 0 Å². The Labute approximate surface area is 96.7 Å². The maximum absolute atomic E-state index is 11.4. The molecule has 0 fully saturated rings. The minimum absolute atomic E-state index is 0.226. The van der Waals surface area contributed by atoms with Gasteiger partial charge in [-0.25, -0.2) is 0 Å². The van der Waals surface area contributed by atoms with E-state index in [2.05, 4.69) is 31.0 Å². The zero-order chi connectivity index (χ0) is 12.1. The Morgan fingerprint density at radius 1 is 1.65 bits per heavy atom. The summed E-state index contributed by atoms with van der Waals surface area (Å²) in [6, 6.07) is 1.81. The molecule has 0 bridgehead atoms. The van der Waals surface area contributed by atoms with Gasteiger partial charge in [-0.3, -0.25) is 9.48 Å². The molecule has 1 amide bonds. The maximum Gasteiger partial charge on any atom is 0.244 e. The summed E-state index contributed by atoms with van der Waals surface area (Å²) < 4.78 is 1.67. The van der Waals surface area contributed by atoms with Crippen LogP contribution in [0.2, 0.25) is 0 Å². The molecule has 0 aliphatic carbocycles. The molecule has 2 aromatic rings. The second-order valence-corrected chi connectivity index (χ2v) is 3.26. The number of carbonyl (C=O) groups excluding carboxylic acids is 1. The molecule has 0 aliphatic rings. The molecule has 0 aliphatic heterocycles. The van der Waals surface area contributed by atoms with E-state index in [1.807, 2.05) is 6.07 Å². The van der Waals surface area contributed by atoms with Crippen LogP contribution >= 0.6 is 0 Å². The fraction of sp³-hybridized carbons (Fsp3) is 0.222. The molecule has 0 atom stereocenters. The quantitative estimate of drug-likeness (QED) is 0.677. The lowest BCUT2D eigenvalue weighted by atomic mass is 10.3. The Hall–Kier alpha value is -2.51. The third-order valence-corrected chi connectivity index (χ3v) is 2.07. The lowest BCUT2D eigenvalue weighted by Gasteiger charge is -1.97. The van der Waals surface area contributed by atoms with E-state index in [0.717, 1.165) is 5.69 Å². The first-order valence-corrected chi connectivity index (χ1v) is 4.92. The van der Waals surface area contributed by atoms with E-state index >= 15 is 0 Å². The van der Waals surface area contributed by atoms with Gasteiger partial charge in [0.05, 0.1) is 12.2 Å². The fourth-order valence-electron chi connectivity index (χ4n) is 1.19. The molecular weight excluding hydrogens is 222 g/mol. The monoisotopic (exact) mass is 233 g/mol. The van der Waals surface area contributed by atoms with Crippen LogP contribution in [0.3, 0.4) is 0 Å². The van der Waals surface area contributed by atoms with Gasteiger partial charge in [0.15, 0.2) is 5.82 Å². The first-order chi connectivity index (χ1) is 8.25. The summed E-state index contributed by atoms with van der Waals surface area (Å²) in [5, 5.41) is 19.7. The largest absolute Gasteiger partial charge is 0.345 e. The number of nitrogens with zero attached hydrogens (tertiary/aromatic N) is 5. The molecule has 0 aromatic carbocycles. The molecule has 0 saturated heterocycles. The lowest BCUT2D eigenvalue weighted by Crippen LogP contribution is -2.21. The van der Waals surface area contributed by atoms with Crippen molar-refractivity contribution in [2.45, 2.75) is 6.54 Å². The summed E-state index contributed by atoms with van der Waals surface area (Å²) in [7, 11) is 1.80. The number of amides is 1. The van der Waals surface area contributed by atoms with Gasteiger partial charge in [0.1, 0.15) is 0 Å². The molecule has 0 radical (unpaired) electrons. The Morgan fingerprint density at radius 2 is 2.53 bits per heavy atom. The van der Waals surface area contributed by atoms with Crippen molar-refractivity contribution in [3.05, 3.63) is 29.9 Å². The van der Waals surface area contributed by atoms with Crippen LogP contribution in [-0.2, 0) is 18.4 Å². The minimum Gasteiger partial charge on any atom is -0.345 e. The van der Waals surface area contributed by atoms with E-state index in [-0.39, 0.29) is 12.5 Å². The number of rotatable bonds is 4. The first kappa shape index (κ1) is 11.0. The van der Waals surface area contributed by atoms with Crippen molar-refractivity contribution in [1.82, 2.24) is 35.7 Å². The Kier molecular flexibility index (Phi) is 3.24. The van der Waals surface area contributed by atoms with Gasteiger partial charge < -0.3 is 5.32 Å². The molecular formula is C9H11N7O. The predicted octanol–water partition coefficient (Wildman–Crippen LogP) is -0.737. The summed E-state index contributed by atoms with van der Waals surface area (Å²) in [4.78, 5) is 11.4. The van der Waals surface area contributed by atoms with Crippen molar-refractivity contribution in [3.63, 3.8) is 0 Å². The summed E-state index contributed by atoms with van der Waals surface area (Å²) >= 11 is 0. The number of H-pyrrole nitrogens is 1. The summed E-state index contributed by atoms with van der Waals surface area (Å²) in [5.41, 5.74) is 0.847. The number of nitrogens with one attached hydrogen (secondary N) is 2. The van der Waals surface area contributed by atoms with Gasteiger partial charge in [-0.05, 0) is 12.1 Å². The molecule has 0 spiro atoms. The van der Waals surface area contributed by atoms with Gasteiger partial charge in [0, 0.05) is 19.3 Å². The predicted molar refractivity (Wildman–Crippen MR) is 58.3 cm³/mol. The molecule has 2 N–H and O–H groups in total. The zero-order valence-corrected chi connectivity index (χ0v) is 9.16. The smallest absolute Gasteiger partial charge is 0.244 e. The number of hydrogen-bond acceptors (Lipinski definition) is 5. The van der Waals surface area contributed by atoms with E-state index in [0.29, 0.717) is 5.82 Å². The highest BCUT2D eigenvalue weighted by atomic mass is 16.1. The van der Waals surface area contributed by atoms with Gasteiger partial charge >= 0.3 is 0 Å². The highest BCUT2D eigenvalue weighted by Gasteiger charge is 2.00. The number of hydrogen-bond donors (Lipinski definition) is 2. The molecule has 0 unspecified atom stereocenters. The van der Waals surface area contributed by atoms with Crippen molar-refractivity contribution >= 4 is 12.0 Å². The second kappa shape index (κ2) is 5.01. The highest BCUT2D eigenvalue weighted by Crippen LogP contribution is 1.98. The molecule has 0 saturated carbocycles. The van der Waals surface area contributed by atoms with E-state index in [1.165, 1.54) is 6.08 Å². The van der Waals surface area contributed by atoms with Crippen LogP contribution in [-0.4, -0.2) is 36.3 Å². The number of tetrazole rings is 1. The summed E-state index contributed by atoms with van der Waals surface area (Å²) in [6.45, 7) is 0.241. The first-order valence-electron chi connectivity index (χ1n) is 4.92. The number of aromatic nitrogens is 6. The fourth-order valence-corrected chi connectivity index (χ4v) is 1.19. The van der Waals surface area contributed by atoms with Crippen LogP contribution in [0.15, 0.2) is 18.3 Å². The summed E-state index contributed by atoms with van der Waals surface area (Å²) in [6.07, 6.45) is 4.77. The normalized spacial score (nSPS) is 10.9.